The van der Waals surface area contributed by atoms with Crippen LogP contribution < -0.4 is 14.5 Å². The smallest absolute Gasteiger partial charge is 0.327 e. The number of halogens is 2. The average Bonchev–Trinajstić information content (AvgIpc) is 3.14. The molecule has 0 aliphatic carbocycles. The lowest BCUT2D eigenvalue weighted by Crippen LogP contribution is -2.39. The molecule has 1 atom stereocenters. The van der Waals surface area contributed by atoms with E-state index < -0.39 is 46.1 Å². The minimum absolute atomic E-state index is 0.000661. The summed E-state index contributed by atoms with van der Waals surface area (Å²) < 4.78 is 33.5. The molecule has 36 heavy (non-hydrogen) atoms. The van der Waals surface area contributed by atoms with Gasteiger partial charge < -0.3 is 15.2 Å². The first-order valence-electron chi connectivity index (χ1n) is 10.7. The summed E-state index contributed by atoms with van der Waals surface area (Å²) in [7, 11) is -3.00. The number of hydrogen-bond donors (Lipinski definition) is 2. The molecule has 13 heteroatoms. The van der Waals surface area contributed by atoms with E-state index in [1.54, 1.807) is 20.8 Å². The zero-order chi connectivity index (χ0) is 27.0. The molecule has 0 bridgehead atoms. The van der Waals surface area contributed by atoms with Gasteiger partial charge >= 0.3 is 18.0 Å². The number of nitrogens with one attached hydrogen (secondary N) is 1. The van der Waals surface area contributed by atoms with E-state index >= 15 is 0 Å². The number of esters is 1. The van der Waals surface area contributed by atoms with Gasteiger partial charge in [-0.2, -0.15) is 0 Å². The summed E-state index contributed by atoms with van der Waals surface area (Å²) >= 11 is 12.0. The Morgan fingerprint density at radius 2 is 1.75 bits per heavy atom. The van der Waals surface area contributed by atoms with Crippen molar-refractivity contribution in [3.63, 3.8) is 0 Å². The molecule has 1 heterocycles. The van der Waals surface area contributed by atoms with Crippen molar-refractivity contribution in [3.8, 4) is 0 Å². The van der Waals surface area contributed by atoms with Gasteiger partial charge in [-0.3, -0.25) is 18.8 Å². The minimum atomic E-state index is -4.42. The van der Waals surface area contributed by atoms with Crippen LogP contribution in [-0.4, -0.2) is 57.2 Å². The number of ether oxygens (including phenoxy) is 1. The van der Waals surface area contributed by atoms with Gasteiger partial charge in [-0.05, 0) is 62.7 Å². The minimum Gasteiger partial charge on any atom is -0.481 e. The van der Waals surface area contributed by atoms with Crippen LogP contribution in [0.1, 0.15) is 32.3 Å². The van der Waals surface area contributed by atoms with Gasteiger partial charge in [0.2, 0.25) is 0 Å². The second-order valence-corrected chi connectivity index (χ2v) is 11.7. The van der Waals surface area contributed by atoms with Gasteiger partial charge in [-0.15, -0.1) is 0 Å². The van der Waals surface area contributed by atoms with Crippen molar-refractivity contribution in [2.75, 3.05) is 29.3 Å². The average molecular weight is 558 g/mol. The van der Waals surface area contributed by atoms with E-state index in [-0.39, 0.29) is 32.7 Å². The fourth-order valence-corrected chi connectivity index (χ4v) is 5.88. The monoisotopic (exact) mass is 557 g/mol. The number of amides is 2. The van der Waals surface area contributed by atoms with E-state index in [1.807, 2.05) is 0 Å². The Balaban J connectivity index is 2.16. The molecule has 10 nitrogen and oxygen atoms in total. The molecule has 0 saturated carbocycles. The first-order chi connectivity index (χ1) is 16.6. The van der Waals surface area contributed by atoms with Crippen LogP contribution in [-0.2, 0) is 24.3 Å². The highest BCUT2D eigenvalue weighted by Gasteiger charge is 2.38. The molecule has 2 N–H and O–H groups in total. The fourth-order valence-electron chi connectivity index (χ4n) is 3.75. The second-order valence-electron chi connectivity index (χ2n) is 9.00. The molecule has 1 aliphatic heterocycles. The molecule has 2 aromatic rings. The summed E-state index contributed by atoms with van der Waals surface area (Å²) in [5.41, 5.74) is -0.351. The molecule has 0 fully saturated rings. The van der Waals surface area contributed by atoms with Crippen LogP contribution in [0.2, 0.25) is 10.0 Å². The largest absolute Gasteiger partial charge is 0.481 e. The van der Waals surface area contributed by atoms with Crippen molar-refractivity contribution in [1.82, 2.24) is 5.32 Å². The fraction of sp³-hybridized carbons (Fsp3) is 0.348. The van der Waals surface area contributed by atoms with Crippen molar-refractivity contribution >= 4 is 62.6 Å². The maximum atomic E-state index is 13.7. The number of anilines is 2. The molecule has 0 radical (unpaired) electrons. The summed E-state index contributed by atoms with van der Waals surface area (Å²) in [6.45, 7) is 4.07. The van der Waals surface area contributed by atoms with Gasteiger partial charge in [0.15, 0.2) is 0 Å². The third-order valence-corrected chi connectivity index (χ3v) is 7.39. The normalized spacial score (nSPS) is 15.3. The SMILES string of the molecule is CNC(=O)N1CC(C(=O)O)c2cc(N(CC(=O)OC(C)(C)C)S(=O)(=O)c3cc(Cl)cc(Cl)c3)ccc21. The van der Waals surface area contributed by atoms with Gasteiger partial charge in [0.25, 0.3) is 10.0 Å². The molecule has 1 unspecified atom stereocenters. The topological polar surface area (TPSA) is 133 Å². The highest BCUT2D eigenvalue weighted by Crippen LogP contribution is 2.40. The molecule has 1 aliphatic rings. The van der Waals surface area contributed by atoms with Gasteiger partial charge in [0.1, 0.15) is 18.1 Å². The van der Waals surface area contributed by atoms with Crippen molar-refractivity contribution in [1.29, 1.82) is 0 Å². The molecule has 3 rings (SSSR count). The lowest BCUT2D eigenvalue weighted by Gasteiger charge is -2.27. The number of hydrogen-bond acceptors (Lipinski definition) is 6. The summed E-state index contributed by atoms with van der Waals surface area (Å²) in [6.07, 6.45) is 0. The predicted molar refractivity (Wildman–Crippen MR) is 135 cm³/mol. The Morgan fingerprint density at radius 1 is 1.14 bits per heavy atom. The van der Waals surface area contributed by atoms with Crippen LogP contribution in [0, 0.1) is 0 Å². The summed E-state index contributed by atoms with van der Waals surface area (Å²) in [5, 5.41) is 12.3. The van der Waals surface area contributed by atoms with Gasteiger partial charge in [0, 0.05) is 29.3 Å². The molecule has 0 aromatic heterocycles. The number of sulfonamides is 1. The van der Waals surface area contributed by atoms with Crippen LogP contribution in [0.4, 0.5) is 16.2 Å². The number of aliphatic carboxylic acids is 1. The van der Waals surface area contributed by atoms with E-state index in [0.717, 1.165) is 4.31 Å². The number of urea groups is 1. The Hall–Kier alpha value is -3.02. The maximum absolute atomic E-state index is 13.7. The third-order valence-electron chi connectivity index (χ3n) is 5.20. The van der Waals surface area contributed by atoms with Crippen LogP contribution in [0.15, 0.2) is 41.3 Å². The lowest BCUT2D eigenvalue weighted by molar-refractivity contribution is -0.152. The number of nitrogens with zero attached hydrogens (tertiary/aromatic N) is 2. The maximum Gasteiger partial charge on any atom is 0.327 e. The van der Waals surface area contributed by atoms with Gasteiger partial charge in [0.05, 0.1) is 10.6 Å². The standard InChI is InChI=1S/C23H25Cl2N3O7S/c1-23(2,3)35-20(29)12-28(36(33,34)16-8-13(24)7-14(25)9-16)15-5-6-19-17(10-15)18(21(30)31)11-27(19)22(32)26-4/h5-10,18H,11-12H2,1-4H3,(H,26,32)(H,30,31). The number of carbonyl (C=O) groups excluding carboxylic acids is 2. The van der Waals surface area contributed by atoms with Crippen molar-refractivity contribution < 1.29 is 32.6 Å². The van der Waals surface area contributed by atoms with Crippen molar-refractivity contribution in [3.05, 3.63) is 52.0 Å². The number of fused-ring (bicyclic) bond motifs is 1. The van der Waals surface area contributed by atoms with Crippen LogP contribution in [0.3, 0.4) is 0 Å². The first-order valence-corrected chi connectivity index (χ1v) is 12.9. The van der Waals surface area contributed by atoms with Crippen molar-refractivity contribution in [2.45, 2.75) is 37.2 Å². The molecule has 2 aromatic carbocycles. The number of carbonyl (C=O) groups is 3. The number of carboxylic acids is 1. The quantitative estimate of drug-likeness (QED) is 0.515. The Morgan fingerprint density at radius 3 is 2.28 bits per heavy atom. The Kier molecular flexibility index (Phi) is 7.77. The Bertz CT molecular complexity index is 1310. The van der Waals surface area contributed by atoms with Gasteiger partial charge in [-0.25, -0.2) is 13.2 Å². The highest BCUT2D eigenvalue weighted by atomic mass is 35.5. The van der Waals surface area contributed by atoms with E-state index in [0.29, 0.717) is 5.69 Å². The number of carboxylic acid groups (broad SMARTS) is 1. The van der Waals surface area contributed by atoms with E-state index in [2.05, 4.69) is 5.32 Å². The molecular weight excluding hydrogens is 533 g/mol. The number of rotatable bonds is 6. The third kappa shape index (κ3) is 5.85. The number of benzene rings is 2. The molecule has 2 amide bonds. The van der Waals surface area contributed by atoms with E-state index in [9.17, 15) is 27.9 Å². The molecule has 194 valence electrons. The zero-order valence-corrected chi connectivity index (χ0v) is 22.2. The lowest BCUT2D eigenvalue weighted by atomic mass is 10.0. The molecule has 0 spiro atoms. The second kappa shape index (κ2) is 10.2. The zero-order valence-electron chi connectivity index (χ0n) is 19.9. The molecular formula is C23H25Cl2N3O7S. The van der Waals surface area contributed by atoms with Gasteiger partial charge in [-0.1, -0.05) is 23.2 Å². The van der Waals surface area contributed by atoms with Crippen LogP contribution in [0.5, 0.6) is 0 Å². The Labute approximate surface area is 218 Å². The van der Waals surface area contributed by atoms with E-state index in [1.165, 1.54) is 48.3 Å². The van der Waals surface area contributed by atoms with Crippen LogP contribution in [0.25, 0.3) is 0 Å². The van der Waals surface area contributed by atoms with E-state index in [4.69, 9.17) is 27.9 Å². The first kappa shape index (κ1) is 27.6. The highest BCUT2D eigenvalue weighted by molar-refractivity contribution is 7.92. The molecule has 0 saturated heterocycles. The summed E-state index contributed by atoms with van der Waals surface area (Å²) in [4.78, 5) is 37.9. The summed E-state index contributed by atoms with van der Waals surface area (Å²) in [6, 6.07) is 7.38. The predicted octanol–water partition coefficient (Wildman–Crippen LogP) is 3.86. The summed E-state index contributed by atoms with van der Waals surface area (Å²) in [5.74, 6) is -3.13. The van der Waals surface area contributed by atoms with Crippen molar-refractivity contribution in [2.24, 2.45) is 0 Å². The van der Waals surface area contributed by atoms with Crippen LogP contribution >= 0.6 is 23.2 Å².